The summed E-state index contributed by atoms with van der Waals surface area (Å²) in [6.07, 6.45) is 21.7. The zero-order chi connectivity index (χ0) is 19.4. The first-order valence-corrected chi connectivity index (χ1v) is 11.5. The van der Waals surface area contributed by atoms with E-state index in [1.54, 1.807) is 12.1 Å². The normalized spacial score (nSPS) is 10.9. The first-order valence-electron chi connectivity index (χ1n) is 11.5. The third kappa shape index (κ3) is 14.4. The molecule has 0 aliphatic heterocycles. The second kappa shape index (κ2) is 18.1. The van der Waals surface area contributed by atoms with Gasteiger partial charge in [0, 0.05) is 0 Å². The molecule has 153 valence electrons. The van der Waals surface area contributed by atoms with Gasteiger partial charge in [0.05, 0.1) is 12.2 Å². The number of ether oxygens (including phenoxy) is 1. The number of rotatable bonds is 18. The first kappa shape index (κ1) is 23.7. The van der Waals surface area contributed by atoms with Crippen LogP contribution in [0.25, 0.3) is 0 Å². The van der Waals surface area contributed by atoms with E-state index in [4.69, 9.17) is 4.74 Å². The van der Waals surface area contributed by atoms with E-state index in [9.17, 15) is 4.79 Å². The molecule has 1 aromatic rings. The Bertz CT molecular complexity index is 441. The second-order valence-electron chi connectivity index (χ2n) is 7.72. The second-order valence-corrected chi connectivity index (χ2v) is 7.72. The lowest BCUT2D eigenvalue weighted by Crippen LogP contribution is -2.06. The summed E-state index contributed by atoms with van der Waals surface area (Å²) in [5, 5.41) is 0. The smallest absolute Gasteiger partial charge is 0.338 e. The topological polar surface area (TPSA) is 26.3 Å². The number of benzene rings is 1. The third-order valence-corrected chi connectivity index (χ3v) is 5.16. The van der Waals surface area contributed by atoms with Crippen LogP contribution in [0.15, 0.2) is 24.3 Å². The molecular formula is C25H41O2. The van der Waals surface area contributed by atoms with Crippen molar-refractivity contribution in [3.05, 3.63) is 35.9 Å². The van der Waals surface area contributed by atoms with E-state index >= 15 is 0 Å². The molecule has 0 N–H and O–H groups in total. The van der Waals surface area contributed by atoms with Crippen molar-refractivity contribution in [2.24, 2.45) is 0 Å². The van der Waals surface area contributed by atoms with Gasteiger partial charge in [-0.15, -0.1) is 0 Å². The summed E-state index contributed by atoms with van der Waals surface area (Å²) in [7, 11) is 0. The van der Waals surface area contributed by atoms with Crippen molar-refractivity contribution in [3.63, 3.8) is 0 Å². The lowest BCUT2D eigenvalue weighted by molar-refractivity contribution is 0.0497. The van der Waals surface area contributed by atoms with Crippen molar-refractivity contribution in [1.82, 2.24) is 0 Å². The van der Waals surface area contributed by atoms with Crippen LogP contribution in [0.2, 0.25) is 0 Å². The molecular weight excluding hydrogens is 332 g/mol. The predicted octanol–water partition coefficient (Wildman–Crippen LogP) is 7.91. The highest BCUT2D eigenvalue weighted by atomic mass is 16.5. The maximum Gasteiger partial charge on any atom is 0.338 e. The Kier molecular flexibility index (Phi) is 15.9. The minimum atomic E-state index is -0.253. The van der Waals surface area contributed by atoms with Gasteiger partial charge in [-0.3, -0.25) is 0 Å². The van der Waals surface area contributed by atoms with Crippen LogP contribution in [0.5, 0.6) is 0 Å². The van der Waals surface area contributed by atoms with E-state index in [2.05, 4.69) is 13.0 Å². The summed E-state index contributed by atoms with van der Waals surface area (Å²) in [5.74, 6) is -0.253. The van der Waals surface area contributed by atoms with Crippen LogP contribution in [0, 0.1) is 6.07 Å². The summed E-state index contributed by atoms with van der Waals surface area (Å²) >= 11 is 0. The Morgan fingerprint density at radius 2 is 1.22 bits per heavy atom. The third-order valence-electron chi connectivity index (χ3n) is 5.16. The van der Waals surface area contributed by atoms with Crippen LogP contribution in [0.3, 0.4) is 0 Å². The maximum absolute atomic E-state index is 11.8. The van der Waals surface area contributed by atoms with E-state index in [0.29, 0.717) is 12.2 Å². The maximum atomic E-state index is 11.8. The van der Waals surface area contributed by atoms with Gasteiger partial charge >= 0.3 is 5.97 Å². The molecule has 0 heterocycles. The Morgan fingerprint density at radius 3 is 1.67 bits per heavy atom. The molecule has 0 atom stereocenters. The average molecular weight is 374 g/mol. The van der Waals surface area contributed by atoms with Crippen LogP contribution in [-0.4, -0.2) is 12.6 Å². The van der Waals surface area contributed by atoms with Crippen molar-refractivity contribution in [2.45, 2.75) is 110 Å². The summed E-state index contributed by atoms with van der Waals surface area (Å²) in [5.41, 5.74) is 0.522. The van der Waals surface area contributed by atoms with Gasteiger partial charge in [0.2, 0.25) is 0 Å². The molecule has 0 spiro atoms. The monoisotopic (exact) mass is 373 g/mol. The van der Waals surface area contributed by atoms with Crippen LogP contribution in [0.1, 0.15) is 120 Å². The number of carbonyl (C=O) groups excluding carboxylic acids is 1. The van der Waals surface area contributed by atoms with E-state index in [-0.39, 0.29) is 5.97 Å². The fourth-order valence-corrected chi connectivity index (χ4v) is 3.41. The Hall–Kier alpha value is -1.31. The van der Waals surface area contributed by atoms with Gasteiger partial charge in [0.1, 0.15) is 0 Å². The standard InChI is InChI=1S/C25H41O2/c1-2-3-4-5-6-7-8-9-10-11-12-13-14-15-16-20-23-27-25(26)24-21-18-17-19-22-24/h17-19,21H,2-16,20,23H2,1H3. The highest BCUT2D eigenvalue weighted by molar-refractivity contribution is 5.88. The molecule has 0 unspecified atom stereocenters. The summed E-state index contributed by atoms with van der Waals surface area (Å²) < 4.78 is 5.28. The van der Waals surface area contributed by atoms with Gasteiger partial charge < -0.3 is 4.74 Å². The Labute approximate surface area is 168 Å². The number of hydrogen-bond donors (Lipinski definition) is 0. The van der Waals surface area contributed by atoms with Gasteiger partial charge in [-0.05, 0) is 18.6 Å². The summed E-state index contributed by atoms with van der Waals surface area (Å²) in [4.78, 5) is 11.8. The molecule has 0 aliphatic carbocycles. The molecule has 0 aromatic heterocycles. The lowest BCUT2D eigenvalue weighted by Gasteiger charge is -2.05. The predicted molar refractivity (Wildman–Crippen MR) is 115 cm³/mol. The van der Waals surface area contributed by atoms with Crippen LogP contribution in [-0.2, 0) is 4.74 Å². The van der Waals surface area contributed by atoms with E-state index < -0.39 is 0 Å². The van der Waals surface area contributed by atoms with Crippen LogP contribution >= 0.6 is 0 Å². The van der Waals surface area contributed by atoms with Crippen molar-refractivity contribution in [2.75, 3.05) is 6.61 Å². The van der Waals surface area contributed by atoms with E-state index in [1.165, 1.54) is 89.9 Å². The molecule has 0 bridgehead atoms. The van der Waals surface area contributed by atoms with Crippen molar-refractivity contribution in [1.29, 1.82) is 0 Å². The number of carbonyl (C=O) groups is 1. The van der Waals surface area contributed by atoms with Gasteiger partial charge in [-0.25, -0.2) is 4.79 Å². The van der Waals surface area contributed by atoms with Crippen molar-refractivity contribution >= 4 is 5.97 Å². The van der Waals surface area contributed by atoms with Gasteiger partial charge in [-0.2, -0.15) is 0 Å². The summed E-state index contributed by atoms with van der Waals surface area (Å²) in [6, 6.07) is 10.1. The molecule has 1 radical (unpaired) electrons. The van der Waals surface area contributed by atoms with Gasteiger partial charge in [0.25, 0.3) is 0 Å². The van der Waals surface area contributed by atoms with Gasteiger partial charge in [-0.1, -0.05) is 121 Å². The highest BCUT2D eigenvalue weighted by Gasteiger charge is 2.05. The van der Waals surface area contributed by atoms with Crippen LogP contribution in [0.4, 0.5) is 0 Å². The first-order chi connectivity index (χ1) is 13.3. The molecule has 1 rings (SSSR count). The van der Waals surface area contributed by atoms with E-state index in [0.717, 1.165) is 12.8 Å². The largest absolute Gasteiger partial charge is 0.462 e. The average Bonchev–Trinajstić information content (AvgIpc) is 2.70. The van der Waals surface area contributed by atoms with Gasteiger partial charge in [0.15, 0.2) is 0 Å². The fourth-order valence-electron chi connectivity index (χ4n) is 3.41. The molecule has 2 nitrogen and oxygen atoms in total. The minimum Gasteiger partial charge on any atom is -0.462 e. The fraction of sp³-hybridized carbons (Fsp3) is 0.720. The highest BCUT2D eigenvalue weighted by Crippen LogP contribution is 2.13. The molecule has 0 saturated carbocycles. The number of unbranched alkanes of at least 4 members (excludes halogenated alkanes) is 15. The zero-order valence-electron chi connectivity index (χ0n) is 17.6. The Balaban J connectivity index is 1.75. The molecule has 2 heteroatoms. The molecule has 27 heavy (non-hydrogen) atoms. The summed E-state index contributed by atoms with van der Waals surface area (Å²) in [6.45, 7) is 2.81. The molecule has 0 aliphatic rings. The van der Waals surface area contributed by atoms with Crippen molar-refractivity contribution < 1.29 is 9.53 Å². The molecule has 0 fully saturated rings. The van der Waals surface area contributed by atoms with Crippen LogP contribution < -0.4 is 0 Å². The molecule has 1 aromatic carbocycles. The lowest BCUT2D eigenvalue weighted by atomic mass is 10.0. The Morgan fingerprint density at radius 1 is 0.741 bits per heavy atom. The zero-order valence-corrected chi connectivity index (χ0v) is 17.6. The number of hydrogen-bond acceptors (Lipinski definition) is 2. The van der Waals surface area contributed by atoms with Crippen molar-refractivity contribution in [3.8, 4) is 0 Å². The molecule has 0 saturated heterocycles. The SMILES string of the molecule is CCCCCCCCCCCCCCCCCCOC(=O)c1[c]cccc1. The quantitative estimate of drug-likeness (QED) is 0.193. The molecule has 0 amide bonds. The minimum absolute atomic E-state index is 0.253. The van der Waals surface area contributed by atoms with E-state index in [1.807, 2.05) is 12.1 Å². The number of esters is 1.